The van der Waals surface area contributed by atoms with Gasteiger partial charge in [0.1, 0.15) is 17.2 Å². The molecule has 4 nitrogen and oxygen atoms in total. The summed E-state index contributed by atoms with van der Waals surface area (Å²) in [6.45, 7) is 0. The van der Waals surface area contributed by atoms with Gasteiger partial charge in [-0.1, -0.05) is 30.3 Å². The summed E-state index contributed by atoms with van der Waals surface area (Å²) in [7, 11) is -4.00. The third-order valence-electron chi connectivity index (χ3n) is 4.03. The largest absolute Gasteiger partial charge is 0.457 e. The minimum atomic E-state index is -4.63. The Balaban J connectivity index is 1.87. The molecule has 0 aliphatic carbocycles. The van der Waals surface area contributed by atoms with Gasteiger partial charge in [0.05, 0.1) is 6.26 Å². The van der Waals surface area contributed by atoms with Crippen molar-refractivity contribution in [3.8, 4) is 17.2 Å². The van der Waals surface area contributed by atoms with E-state index in [1.54, 1.807) is 30.3 Å². The highest BCUT2D eigenvalue weighted by atomic mass is 32.2. The lowest BCUT2D eigenvalue weighted by Crippen LogP contribution is -2.35. The molecule has 158 valence electrons. The molecule has 0 aromatic heterocycles. The summed E-state index contributed by atoms with van der Waals surface area (Å²) < 4.78 is 91.1. The van der Waals surface area contributed by atoms with Crippen LogP contribution in [0.5, 0.6) is 17.2 Å². The lowest BCUT2D eigenvalue weighted by Gasteiger charge is -2.27. The van der Waals surface area contributed by atoms with Crippen LogP contribution in [0.3, 0.4) is 0 Å². The van der Waals surface area contributed by atoms with Gasteiger partial charge in [0.25, 0.3) is 0 Å². The molecule has 3 rings (SSSR count). The van der Waals surface area contributed by atoms with Gasteiger partial charge < -0.3 is 8.92 Å². The zero-order valence-electron chi connectivity index (χ0n) is 15.6. The highest BCUT2D eigenvalue weighted by molar-refractivity contribution is 7.86. The smallest absolute Gasteiger partial charge is 0.339 e. The molecule has 0 aliphatic rings. The first-order valence-corrected chi connectivity index (χ1v) is 10.4. The van der Waals surface area contributed by atoms with Gasteiger partial charge >= 0.3 is 22.0 Å². The molecule has 0 unspecified atom stereocenters. The molecule has 0 saturated carbocycles. The van der Waals surface area contributed by atoms with Gasteiger partial charge in [0.15, 0.2) is 0 Å². The molecule has 0 aliphatic heterocycles. The number of rotatable bonds is 7. The number of benzene rings is 3. The van der Waals surface area contributed by atoms with Crippen molar-refractivity contribution in [2.75, 3.05) is 6.26 Å². The average molecular weight is 440 g/mol. The summed E-state index contributed by atoms with van der Waals surface area (Å²) in [5.74, 6) is -9.04. The molecule has 30 heavy (non-hydrogen) atoms. The summed E-state index contributed by atoms with van der Waals surface area (Å²) in [5, 5.41) is 0. The Morgan fingerprint density at radius 2 is 1.20 bits per heavy atom. The molecule has 0 N–H and O–H groups in total. The molecule has 0 bridgehead atoms. The fourth-order valence-electron chi connectivity index (χ4n) is 2.64. The van der Waals surface area contributed by atoms with Crippen molar-refractivity contribution in [1.82, 2.24) is 0 Å². The van der Waals surface area contributed by atoms with E-state index in [-0.39, 0.29) is 5.75 Å². The molecule has 0 atom stereocenters. The van der Waals surface area contributed by atoms with Gasteiger partial charge in [0.2, 0.25) is 0 Å². The van der Waals surface area contributed by atoms with Crippen molar-refractivity contribution in [2.24, 2.45) is 0 Å². The Morgan fingerprint density at radius 3 is 1.80 bits per heavy atom. The van der Waals surface area contributed by atoms with Crippen molar-refractivity contribution in [3.63, 3.8) is 0 Å². The van der Waals surface area contributed by atoms with Crippen molar-refractivity contribution >= 4 is 10.1 Å². The first kappa shape index (κ1) is 21.6. The number of halogens is 4. The highest BCUT2D eigenvalue weighted by Crippen LogP contribution is 2.50. The minimum absolute atomic E-state index is 0.201. The first-order chi connectivity index (χ1) is 14.0. The van der Waals surface area contributed by atoms with Gasteiger partial charge in [-0.15, -0.1) is 0 Å². The molecule has 0 spiro atoms. The van der Waals surface area contributed by atoms with Crippen LogP contribution < -0.4 is 8.92 Å². The summed E-state index contributed by atoms with van der Waals surface area (Å²) in [5.41, 5.74) is -2.01. The lowest BCUT2D eigenvalue weighted by molar-refractivity contribution is -0.223. The van der Waals surface area contributed by atoms with Crippen LogP contribution in [-0.4, -0.2) is 14.7 Å². The van der Waals surface area contributed by atoms with Crippen molar-refractivity contribution in [3.05, 3.63) is 90.0 Å². The third kappa shape index (κ3) is 4.73. The quantitative estimate of drug-likeness (QED) is 0.349. The predicted molar refractivity (Wildman–Crippen MR) is 103 cm³/mol. The van der Waals surface area contributed by atoms with Crippen LogP contribution in [-0.2, 0) is 22.0 Å². The molecule has 0 radical (unpaired) electrons. The van der Waals surface area contributed by atoms with Crippen LogP contribution in [0.4, 0.5) is 17.6 Å². The summed E-state index contributed by atoms with van der Waals surface area (Å²) in [6, 6.07) is 16.0. The van der Waals surface area contributed by atoms with Crippen molar-refractivity contribution in [2.45, 2.75) is 11.8 Å². The Kier molecular flexibility index (Phi) is 5.76. The van der Waals surface area contributed by atoms with E-state index in [4.69, 9.17) is 4.74 Å². The maximum atomic E-state index is 14.7. The predicted octanol–water partition coefficient (Wildman–Crippen LogP) is 5.70. The normalized spacial score (nSPS) is 12.4. The fourth-order valence-corrected chi connectivity index (χ4v) is 3.09. The standard InChI is InChI=1S/C21H16F4O4S/c1-30(26,27)29-19-9-5-6-16(14-19)21(24,25)20(22,23)15-10-12-18(13-11-15)28-17-7-3-2-4-8-17/h2-14H,1H3. The topological polar surface area (TPSA) is 52.6 Å². The minimum Gasteiger partial charge on any atom is -0.457 e. The monoisotopic (exact) mass is 440 g/mol. The van der Waals surface area contributed by atoms with Gasteiger partial charge in [-0.2, -0.15) is 26.0 Å². The van der Waals surface area contributed by atoms with Gasteiger partial charge in [-0.25, -0.2) is 0 Å². The van der Waals surface area contributed by atoms with Crippen molar-refractivity contribution in [1.29, 1.82) is 0 Å². The summed E-state index contributed by atoms with van der Waals surface area (Å²) in [4.78, 5) is 0. The highest BCUT2D eigenvalue weighted by Gasteiger charge is 2.58. The van der Waals surface area contributed by atoms with E-state index in [1.165, 1.54) is 0 Å². The molecule has 0 saturated heterocycles. The van der Waals surface area contributed by atoms with Gasteiger partial charge in [-0.3, -0.25) is 0 Å². The van der Waals surface area contributed by atoms with Crippen molar-refractivity contribution < 1.29 is 34.9 Å². The van der Waals surface area contributed by atoms with Gasteiger partial charge in [-0.05, 0) is 48.5 Å². The molecule has 3 aromatic rings. The van der Waals surface area contributed by atoms with Gasteiger partial charge in [0, 0.05) is 11.1 Å². The van der Waals surface area contributed by atoms with Crippen LogP contribution >= 0.6 is 0 Å². The Hall–Kier alpha value is -3.07. The van der Waals surface area contributed by atoms with E-state index in [9.17, 15) is 26.0 Å². The Bertz CT molecular complexity index is 1120. The Labute approximate surface area is 170 Å². The summed E-state index contributed by atoms with van der Waals surface area (Å²) >= 11 is 0. The number of hydrogen-bond acceptors (Lipinski definition) is 4. The first-order valence-electron chi connectivity index (χ1n) is 8.58. The molecule has 0 amide bonds. The second-order valence-electron chi connectivity index (χ2n) is 6.40. The van der Waals surface area contributed by atoms with E-state index in [2.05, 4.69) is 4.18 Å². The van der Waals surface area contributed by atoms with E-state index >= 15 is 0 Å². The second-order valence-corrected chi connectivity index (χ2v) is 7.98. The van der Waals surface area contributed by atoms with Crippen LogP contribution in [0.1, 0.15) is 11.1 Å². The van der Waals surface area contributed by atoms with Crippen LogP contribution in [0.2, 0.25) is 0 Å². The molecule has 3 aromatic carbocycles. The zero-order valence-corrected chi connectivity index (χ0v) is 16.4. The zero-order chi connectivity index (χ0) is 22.0. The Morgan fingerprint density at radius 1 is 0.667 bits per heavy atom. The number of alkyl halides is 4. The summed E-state index contributed by atoms with van der Waals surface area (Å²) in [6.07, 6.45) is 0.714. The fraction of sp³-hybridized carbons (Fsp3) is 0.143. The molecular weight excluding hydrogens is 424 g/mol. The van der Waals surface area contributed by atoms with E-state index in [1.807, 2.05) is 0 Å². The van der Waals surface area contributed by atoms with E-state index in [0.717, 1.165) is 42.5 Å². The molecule has 0 fully saturated rings. The van der Waals surface area contributed by atoms with Crippen LogP contribution in [0.25, 0.3) is 0 Å². The number of ether oxygens (including phenoxy) is 1. The second kappa shape index (κ2) is 7.98. The number of para-hydroxylation sites is 1. The van der Waals surface area contributed by atoms with E-state index in [0.29, 0.717) is 18.1 Å². The molecule has 0 heterocycles. The van der Waals surface area contributed by atoms with E-state index < -0.39 is 38.8 Å². The average Bonchev–Trinajstić information content (AvgIpc) is 2.68. The maximum Gasteiger partial charge on any atom is 0.339 e. The van der Waals surface area contributed by atoms with Crippen LogP contribution in [0.15, 0.2) is 78.9 Å². The molecular formula is C21H16F4O4S. The maximum absolute atomic E-state index is 14.7. The third-order valence-corrected chi connectivity index (χ3v) is 4.53. The number of hydrogen-bond donors (Lipinski definition) is 0. The molecule has 9 heteroatoms. The lowest BCUT2D eigenvalue weighted by atomic mass is 9.96. The van der Waals surface area contributed by atoms with Crippen LogP contribution in [0, 0.1) is 0 Å². The SMILES string of the molecule is CS(=O)(=O)Oc1cccc(C(F)(F)C(F)(F)c2ccc(Oc3ccccc3)cc2)c1.